The second-order valence-corrected chi connectivity index (χ2v) is 8.74. The first-order valence-corrected chi connectivity index (χ1v) is 10.8. The molecule has 0 radical (unpaired) electrons. The third-order valence-corrected chi connectivity index (χ3v) is 6.50. The minimum Gasteiger partial charge on any atom is -0.346 e. The van der Waals surface area contributed by atoms with Crippen molar-refractivity contribution in [2.75, 3.05) is 37.6 Å². The van der Waals surface area contributed by atoms with Crippen LogP contribution in [0, 0.1) is 27.7 Å². The summed E-state index contributed by atoms with van der Waals surface area (Å²) in [6.07, 6.45) is 0. The van der Waals surface area contributed by atoms with Gasteiger partial charge in [-0.15, -0.1) is 16.4 Å². The minimum absolute atomic E-state index is 0.0809. The van der Waals surface area contributed by atoms with Crippen LogP contribution < -0.4 is 10.5 Å². The molecule has 0 aromatic carbocycles. The molecule has 154 valence electrons. The summed E-state index contributed by atoms with van der Waals surface area (Å²) in [6, 6.07) is 5.31. The number of thiazole rings is 1. The average molecular weight is 414 g/mol. The van der Waals surface area contributed by atoms with E-state index in [1.165, 1.54) is 4.88 Å². The Balaban J connectivity index is 1.38. The summed E-state index contributed by atoms with van der Waals surface area (Å²) in [5, 5.41) is 10.1. The van der Waals surface area contributed by atoms with E-state index in [1.807, 2.05) is 19.9 Å². The van der Waals surface area contributed by atoms with Crippen molar-refractivity contribution in [2.45, 2.75) is 34.2 Å². The number of nitrogens with zero attached hydrogens (tertiary/aromatic N) is 7. The van der Waals surface area contributed by atoms with E-state index in [0.29, 0.717) is 12.4 Å². The summed E-state index contributed by atoms with van der Waals surface area (Å²) < 4.78 is 3.33. The molecule has 0 aliphatic carbocycles. The maximum absolute atomic E-state index is 12.3. The van der Waals surface area contributed by atoms with E-state index in [2.05, 4.69) is 38.8 Å². The topological polar surface area (TPSA) is 72.1 Å². The third kappa shape index (κ3) is 4.25. The molecule has 9 heteroatoms. The lowest BCUT2D eigenvalue weighted by molar-refractivity contribution is 0.242. The third-order valence-electron chi connectivity index (χ3n) is 5.37. The van der Waals surface area contributed by atoms with Gasteiger partial charge in [0, 0.05) is 49.4 Å². The van der Waals surface area contributed by atoms with Crippen LogP contribution in [0.25, 0.3) is 5.82 Å². The zero-order valence-corrected chi connectivity index (χ0v) is 18.2. The largest absolute Gasteiger partial charge is 0.346 e. The van der Waals surface area contributed by atoms with Gasteiger partial charge >= 0.3 is 0 Å². The van der Waals surface area contributed by atoms with E-state index in [9.17, 15) is 4.79 Å². The van der Waals surface area contributed by atoms with Crippen molar-refractivity contribution in [3.8, 4) is 5.82 Å². The van der Waals surface area contributed by atoms with Crippen LogP contribution in [0.2, 0.25) is 0 Å². The summed E-state index contributed by atoms with van der Waals surface area (Å²) in [4.78, 5) is 23.0. The quantitative estimate of drug-likeness (QED) is 0.637. The van der Waals surface area contributed by atoms with Crippen LogP contribution in [-0.4, -0.2) is 62.2 Å². The molecule has 8 nitrogen and oxygen atoms in total. The lowest BCUT2D eigenvalue weighted by Crippen LogP contribution is -2.47. The van der Waals surface area contributed by atoms with E-state index in [4.69, 9.17) is 0 Å². The molecule has 1 saturated heterocycles. The summed E-state index contributed by atoms with van der Waals surface area (Å²) >= 11 is 1.77. The molecule has 0 saturated carbocycles. The molecule has 0 bridgehead atoms. The number of aromatic nitrogens is 5. The zero-order valence-electron chi connectivity index (χ0n) is 17.4. The predicted molar refractivity (Wildman–Crippen MR) is 115 cm³/mol. The van der Waals surface area contributed by atoms with Gasteiger partial charge in [0.05, 0.1) is 17.9 Å². The first-order chi connectivity index (χ1) is 13.9. The first kappa shape index (κ1) is 19.8. The average Bonchev–Trinajstić information content (AvgIpc) is 3.22. The van der Waals surface area contributed by atoms with E-state index in [1.54, 1.807) is 32.8 Å². The van der Waals surface area contributed by atoms with Crippen LogP contribution in [0.15, 0.2) is 23.0 Å². The molecule has 4 rings (SSSR count). The highest BCUT2D eigenvalue weighted by atomic mass is 32.1. The molecular weight excluding hydrogens is 386 g/mol. The van der Waals surface area contributed by atoms with Gasteiger partial charge in [0.15, 0.2) is 10.9 Å². The summed E-state index contributed by atoms with van der Waals surface area (Å²) in [7, 11) is 0. The number of aryl methyl sites for hydroxylation is 4. The van der Waals surface area contributed by atoms with Gasteiger partial charge in [0.2, 0.25) is 0 Å². The fraction of sp³-hybridized carbons (Fsp3) is 0.500. The Labute approximate surface area is 174 Å². The molecule has 0 unspecified atom stereocenters. The van der Waals surface area contributed by atoms with Crippen molar-refractivity contribution in [2.24, 2.45) is 0 Å². The molecule has 29 heavy (non-hydrogen) atoms. The maximum Gasteiger partial charge on any atom is 0.266 e. The highest BCUT2D eigenvalue weighted by Crippen LogP contribution is 2.25. The molecule has 1 fully saturated rings. The summed E-state index contributed by atoms with van der Waals surface area (Å²) in [5.74, 6) is 0.675. The second-order valence-electron chi connectivity index (χ2n) is 7.56. The number of hydrogen-bond acceptors (Lipinski definition) is 7. The second kappa shape index (κ2) is 8.08. The molecule has 0 amide bonds. The fourth-order valence-corrected chi connectivity index (χ4v) is 4.52. The van der Waals surface area contributed by atoms with Gasteiger partial charge in [-0.1, -0.05) is 0 Å². The normalized spacial score (nSPS) is 15.2. The Hall–Kier alpha value is -2.52. The van der Waals surface area contributed by atoms with Gasteiger partial charge in [0.25, 0.3) is 5.56 Å². The monoisotopic (exact) mass is 413 g/mol. The first-order valence-electron chi connectivity index (χ1n) is 9.94. The summed E-state index contributed by atoms with van der Waals surface area (Å²) in [5.41, 5.74) is 2.98. The van der Waals surface area contributed by atoms with Crippen molar-refractivity contribution in [3.63, 3.8) is 0 Å². The van der Waals surface area contributed by atoms with Gasteiger partial charge in [-0.05, 0) is 39.8 Å². The van der Waals surface area contributed by atoms with Gasteiger partial charge < -0.3 is 4.90 Å². The Morgan fingerprint density at radius 1 is 1.00 bits per heavy atom. The Morgan fingerprint density at radius 3 is 2.38 bits per heavy atom. The van der Waals surface area contributed by atoms with Crippen molar-refractivity contribution in [1.82, 2.24) is 29.4 Å². The summed E-state index contributed by atoms with van der Waals surface area (Å²) in [6.45, 7) is 13.3. The highest BCUT2D eigenvalue weighted by molar-refractivity contribution is 7.15. The molecule has 4 heterocycles. The molecule has 0 atom stereocenters. The van der Waals surface area contributed by atoms with Crippen molar-refractivity contribution in [1.29, 1.82) is 0 Å². The van der Waals surface area contributed by atoms with E-state index < -0.39 is 0 Å². The van der Waals surface area contributed by atoms with Gasteiger partial charge in [-0.2, -0.15) is 5.10 Å². The van der Waals surface area contributed by atoms with Crippen LogP contribution in [-0.2, 0) is 6.54 Å². The maximum atomic E-state index is 12.3. The van der Waals surface area contributed by atoms with Crippen LogP contribution in [0.3, 0.4) is 0 Å². The Kier molecular flexibility index (Phi) is 5.51. The van der Waals surface area contributed by atoms with Crippen LogP contribution in [0.1, 0.15) is 22.0 Å². The molecule has 3 aromatic heterocycles. The van der Waals surface area contributed by atoms with Gasteiger partial charge in [-0.25, -0.2) is 14.3 Å². The van der Waals surface area contributed by atoms with Crippen molar-refractivity contribution in [3.05, 3.63) is 50.5 Å². The molecule has 3 aromatic rings. The minimum atomic E-state index is -0.0809. The van der Waals surface area contributed by atoms with E-state index >= 15 is 0 Å². The van der Waals surface area contributed by atoms with Gasteiger partial charge in [-0.3, -0.25) is 9.69 Å². The smallest absolute Gasteiger partial charge is 0.266 e. The molecule has 0 N–H and O–H groups in total. The molecule has 1 aliphatic heterocycles. The molecule has 0 spiro atoms. The number of piperazine rings is 1. The lowest BCUT2D eigenvalue weighted by Gasteiger charge is -2.34. The number of rotatable bonds is 5. The lowest BCUT2D eigenvalue weighted by atomic mass is 10.3. The Bertz CT molecular complexity index is 1040. The van der Waals surface area contributed by atoms with Crippen molar-refractivity contribution >= 4 is 16.5 Å². The Morgan fingerprint density at radius 2 is 1.76 bits per heavy atom. The highest BCUT2D eigenvalue weighted by Gasteiger charge is 2.20. The zero-order chi connectivity index (χ0) is 20.5. The van der Waals surface area contributed by atoms with E-state index in [0.717, 1.165) is 54.9 Å². The van der Waals surface area contributed by atoms with Crippen molar-refractivity contribution < 1.29 is 0 Å². The van der Waals surface area contributed by atoms with Crippen LogP contribution >= 0.6 is 11.3 Å². The fourth-order valence-electron chi connectivity index (χ4n) is 3.56. The predicted octanol–water partition coefficient (Wildman–Crippen LogP) is 1.94. The number of anilines is 1. The molecule has 1 aliphatic rings. The van der Waals surface area contributed by atoms with Gasteiger partial charge in [0.1, 0.15) is 0 Å². The number of hydrogen-bond donors (Lipinski definition) is 0. The standard InChI is InChI=1S/C20H27N7OS/c1-14-13-15(2)27(22-14)18-5-6-19(28)26(23-18)12-9-24-7-10-25(11-8-24)20-21-16(3)17(4)29-20/h5-6,13H,7-12H2,1-4H3. The molecular formula is C20H27N7OS. The van der Waals surface area contributed by atoms with Crippen LogP contribution in [0.5, 0.6) is 0 Å². The van der Waals surface area contributed by atoms with E-state index in [-0.39, 0.29) is 5.56 Å². The van der Waals surface area contributed by atoms with Crippen LogP contribution in [0.4, 0.5) is 5.13 Å². The SMILES string of the molecule is Cc1cc(C)n(-c2ccc(=O)n(CCN3CCN(c4nc(C)c(C)s4)CC3)n2)n1.